The highest BCUT2D eigenvalue weighted by Gasteiger charge is 2.24. The molecule has 2 saturated heterocycles. The van der Waals surface area contributed by atoms with E-state index in [1.54, 1.807) is 0 Å². The monoisotopic (exact) mass is 362 g/mol. The van der Waals surface area contributed by atoms with Crippen LogP contribution in [0, 0.1) is 17.2 Å². The van der Waals surface area contributed by atoms with Gasteiger partial charge in [-0.3, -0.25) is 9.69 Å². The molecule has 2 heterocycles. The fourth-order valence-corrected chi connectivity index (χ4v) is 3.68. The molecule has 0 spiro atoms. The first-order chi connectivity index (χ1) is 11.7. The van der Waals surface area contributed by atoms with E-state index < -0.39 is 0 Å². The number of rotatable bonds is 5. The van der Waals surface area contributed by atoms with Crippen molar-refractivity contribution in [2.24, 2.45) is 5.92 Å². The zero-order valence-electron chi connectivity index (χ0n) is 14.5. The second kappa shape index (κ2) is 9.76. The number of likely N-dealkylation sites (tertiary alicyclic amines) is 1. The summed E-state index contributed by atoms with van der Waals surface area (Å²) in [5, 5.41) is 15.2. The molecule has 2 unspecified atom stereocenters. The average molecular weight is 363 g/mol. The first kappa shape index (κ1) is 19.7. The molecule has 25 heavy (non-hydrogen) atoms. The number of piperidine rings is 1. The third-order valence-corrected chi connectivity index (χ3v) is 5.03. The summed E-state index contributed by atoms with van der Waals surface area (Å²) in [5.41, 5.74) is 1.95. The maximum Gasteiger partial charge on any atom is 0.237 e. The van der Waals surface area contributed by atoms with Crippen LogP contribution in [0.4, 0.5) is 0 Å². The van der Waals surface area contributed by atoms with Gasteiger partial charge in [0.15, 0.2) is 0 Å². The Morgan fingerprint density at radius 3 is 2.76 bits per heavy atom. The number of nitriles is 1. The first-order valence-electron chi connectivity index (χ1n) is 8.97. The Hall–Kier alpha value is -1.61. The number of nitrogens with zero attached hydrogens (tertiary/aromatic N) is 2. The molecule has 2 aliphatic rings. The predicted molar refractivity (Wildman–Crippen MR) is 100 cm³/mol. The van der Waals surface area contributed by atoms with Crippen LogP contribution < -0.4 is 10.6 Å². The quantitative estimate of drug-likeness (QED) is 0.841. The van der Waals surface area contributed by atoms with E-state index in [1.165, 1.54) is 18.4 Å². The third kappa shape index (κ3) is 5.71. The molecule has 2 aliphatic heterocycles. The molecule has 2 atom stereocenters. The summed E-state index contributed by atoms with van der Waals surface area (Å²) in [6.07, 6.45) is 4.42. The topological polar surface area (TPSA) is 68.2 Å². The van der Waals surface area contributed by atoms with Gasteiger partial charge in [0.2, 0.25) is 5.91 Å². The van der Waals surface area contributed by atoms with Crippen LogP contribution in [0.5, 0.6) is 0 Å². The molecular weight excluding hydrogens is 336 g/mol. The molecule has 1 amide bonds. The van der Waals surface area contributed by atoms with Crippen LogP contribution in [-0.4, -0.2) is 43.0 Å². The minimum absolute atomic E-state index is 0. The summed E-state index contributed by atoms with van der Waals surface area (Å²) in [4.78, 5) is 14.6. The van der Waals surface area contributed by atoms with Crippen molar-refractivity contribution in [3.8, 4) is 6.07 Å². The lowest BCUT2D eigenvalue weighted by Gasteiger charge is -2.33. The number of nitrogens with one attached hydrogen (secondary N) is 2. The zero-order valence-corrected chi connectivity index (χ0v) is 15.4. The zero-order chi connectivity index (χ0) is 16.8. The SMILES string of the molecule is Cl.N#Cc1ccc(CN2CCCC(CNC(=O)C3CCCN3)C2)cc1. The summed E-state index contributed by atoms with van der Waals surface area (Å²) < 4.78 is 0. The summed E-state index contributed by atoms with van der Waals surface area (Å²) in [6, 6.07) is 10.0. The van der Waals surface area contributed by atoms with Crippen molar-refractivity contribution in [3.05, 3.63) is 35.4 Å². The van der Waals surface area contributed by atoms with Gasteiger partial charge in [0.05, 0.1) is 17.7 Å². The van der Waals surface area contributed by atoms with Gasteiger partial charge >= 0.3 is 0 Å². The standard InChI is InChI=1S/C19H26N4O.ClH/c20-11-15-5-7-16(8-6-15)13-23-10-2-3-17(14-23)12-22-19(24)18-4-1-9-21-18;/h5-8,17-18,21H,1-4,9-10,12-14H2,(H,22,24);1H. The Morgan fingerprint density at radius 2 is 2.08 bits per heavy atom. The van der Waals surface area contributed by atoms with E-state index in [9.17, 15) is 4.79 Å². The van der Waals surface area contributed by atoms with Gasteiger partial charge in [0.1, 0.15) is 0 Å². The Kier molecular flexibility index (Phi) is 7.70. The van der Waals surface area contributed by atoms with E-state index in [1.807, 2.05) is 24.3 Å². The molecule has 0 aromatic heterocycles. The molecule has 0 aliphatic carbocycles. The van der Waals surface area contributed by atoms with Gasteiger partial charge in [-0.1, -0.05) is 12.1 Å². The van der Waals surface area contributed by atoms with Gasteiger partial charge in [-0.2, -0.15) is 5.26 Å². The number of hydrogen-bond acceptors (Lipinski definition) is 4. The maximum atomic E-state index is 12.1. The fourth-order valence-electron chi connectivity index (χ4n) is 3.68. The van der Waals surface area contributed by atoms with Crippen LogP contribution in [0.3, 0.4) is 0 Å². The predicted octanol–water partition coefficient (Wildman–Crippen LogP) is 2.06. The largest absolute Gasteiger partial charge is 0.354 e. The van der Waals surface area contributed by atoms with Crippen molar-refractivity contribution < 1.29 is 4.79 Å². The maximum absolute atomic E-state index is 12.1. The Bertz CT molecular complexity index is 592. The lowest BCUT2D eigenvalue weighted by atomic mass is 9.97. The molecule has 1 aromatic carbocycles. The lowest BCUT2D eigenvalue weighted by molar-refractivity contribution is -0.123. The van der Waals surface area contributed by atoms with E-state index >= 15 is 0 Å². The van der Waals surface area contributed by atoms with Crippen molar-refractivity contribution in [2.45, 2.75) is 38.3 Å². The second-order valence-corrected chi connectivity index (χ2v) is 6.95. The average Bonchev–Trinajstić information content (AvgIpc) is 3.15. The highest BCUT2D eigenvalue weighted by Crippen LogP contribution is 2.18. The summed E-state index contributed by atoms with van der Waals surface area (Å²) in [6.45, 7) is 4.79. The van der Waals surface area contributed by atoms with Gasteiger partial charge in [-0.25, -0.2) is 0 Å². The lowest BCUT2D eigenvalue weighted by Crippen LogP contribution is -2.45. The van der Waals surface area contributed by atoms with Gasteiger partial charge in [0.25, 0.3) is 0 Å². The van der Waals surface area contributed by atoms with Crippen molar-refractivity contribution in [3.63, 3.8) is 0 Å². The highest BCUT2D eigenvalue weighted by atomic mass is 35.5. The van der Waals surface area contributed by atoms with Crippen molar-refractivity contribution in [2.75, 3.05) is 26.2 Å². The molecule has 136 valence electrons. The van der Waals surface area contributed by atoms with Crippen molar-refractivity contribution in [1.29, 1.82) is 5.26 Å². The number of carbonyl (C=O) groups excluding carboxylic acids is 1. The van der Waals surface area contributed by atoms with Crippen molar-refractivity contribution >= 4 is 18.3 Å². The van der Waals surface area contributed by atoms with Gasteiger partial charge < -0.3 is 10.6 Å². The molecule has 0 bridgehead atoms. The van der Waals surface area contributed by atoms with E-state index in [4.69, 9.17) is 5.26 Å². The minimum atomic E-state index is 0. The van der Waals surface area contributed by atoms with Gasteiger partial charge in [0, 0.05) is 19.6 Å². The van der Waals surface area contributed by atoms with Crippen LogP contribution in [0.15, 0.2) is 24.3 Å². The van der Waals surface area contributed by atoms with Crippen LogP contribution in [0.1, 0.15) is 36.8 Å². The summed E-state index contributed by atoms with van der Waals surface area (Å²) in [7, 11) is 0. The van der Waals surface area contributed by atoms with Crippen LogP contribution >= 0.6 is 12.4 Å². The van der Waals surface area contributed by atoms with E-state index in [0.29, 0.717) is 11.5 Å². The highest BCUT2D eigenvalue weighted by molar-refractivity contribution is 5.85. The van der Waals surface area contributed by atoms with E-state index in [-0.39, 0.29) is 24.4 Å². The van der Waals surface area contributed by atoms with E-state index in [2.05, 4.69) is 21.6 Å². The van der Waals surface area contributed by atoms with Crippen LogP contribution in [0.2, 0.25) is 0 Å². The number of halogens is 1. The Balaban J connectivity index is 0.00000225. The molecule has 6 heteroatoms. The minimum Gasteiger partial charge on any atom is -0.354 e. The molecule has 3 rings (SSSR count). The third-order valence-electron chi connectivity index (χ3n) is 5.03. The number of benzene rings is 1. The second-order valence-electron chi connectivity index (χ2n) is 6.95. The van der Waals surface area contributed by atoms with Crippen molar-refractivity contribution in [1.82, 2.24) is 15.5 Å². The Labute approximate surface area is 156 Å². The van der Waals surface area contributed by atoms with Gasteiger partial charge in [-0.05, 0) is 62.4 Å². The van der Waals surface area contributed by atoms with Crippen LogP contribution in [0.25, 0.3) is 0 Å². The molecule has 1 aromatic rings. The molecule has 5 nitrogen and oxygen atoms in total. The summed E-state index contributed by atoms with van der Waals surface area (Å²) >= 11 is 0. The molecular formula is C19H27ClN4O. The number of carbonyl (C=O) groups is 1. The van der Waals surface area contributed by atoms with E-state index in [0.717, 1.165) is 45.6 Å². The number of amides is 1. The number of hydrogen-bond donors (Lipinski definition) is 2. The molecule has 2 N–H and O–H groups in total. The smallest absolute Gasteiger partial charge is 0.237 e. The molecule has 0 saturated carbocycles. The van der Waals surface area contributed by atoms with Crippen LogP contribution in [-0.2, 0) is 11.3 Å². The summed E-state index contributed by atoms with van der Waals surface area (Å²) in [5.74, 6) is 0.694. The Morgan fingerprint density at radius 1 is 1.28 bits per heavy atom. The normalized spacial score (nSPS) is 23.5. The van der Waals surface area contributed by atoms with Gasteiger partial charge in [-0.15, -0.1) is 12.4 Å². The molecule has 0 radical (unpaired) electrons. The fraction of sp³-hybridized carbons (Fsp3) is 0.579. The first-order valence-corrected chi connectivity index (χ1v) is 8.97. The molecule has 2 fully saturated rings.